The number of carbonyl (C=O) groups excluding carboxylic acids is 1. The van der Waals surface area contributed by atoms with Crippen LogP contribution < -0.4 is 5.32 Å². The summed E-state index contributed by atoms with van der Waals surface area (Å²) in [6.45, 7) is 5.32. The summed E-state index contributed by atoms with van der Waals surface area (Å²) in [6.07, 6.45) is 0.183. The highest BCUT2D eigenvalue weighted by molar-refractivity contribution is 7.80. The van der Waals surface area contributed by atoms with E-state index in [0.717, 1.165) is 0 Å². The maximum Gasteiger partial charge on any atom is 0.258 e. The van der Waals surface area contributed by atoms with Crippen molar-refractivity contribution in [1.82, 2.24) is 10.2 Å². The van der Waals surface area contributed by atoms with Crippen molar-refractivity contribution in [1.29, 1.82) is 0 Å². The number of nitrogens with zero attached hydrogens (tertiary/aromatic N) is 1. The zero-order valence-corrected chi connectivity index (χ0v) is 13.0. The van der Waals surface area contributed by atoms with Crippen molar-refractivity contribution in [2.75, 3.05) is 13.1 Å². The van der Waals surface area contributed by atoms with Crippen LogP contribution in [-0.2, 0) is 4.74 Å². The minimum absolute atomic E-state index is 0.0916. The van der Waals surface area contributed by atoms with Crippen molar-refractivity contribution in [3.05, 3.63) is 34.9 Å². The van der Waals surface area contributed by atoms with Crippen LogP contribution in [0.5, 0.6) is 0 Å². The smallest absolute Gasteiger partial charge is 0.258 e. The third kappa shape index (κ3) is 3.69. The highest BCUT2D eigenvalue weighted by Crippen LogP contribution is 2.15. The van der Waals surface area contributed by atoms with Gasteiger partial charge in [0, 0.05) is 13.1 Å². The Hall–Kier alpha value is -1.17. The molecule has 0 saturated carbocycles. The lowest BCUT2D eigenvalue weighted by Crippen LogP contribution is -2.52. The van der Waals surface area contributed by atoms with Gasteiger partial charge >= 0.3 is 0 Å². The van der Waals surface area contributed by atoms with Gasteiger partial charge in [-0.05, 0) is 38.2 Å². The fraction of sp³-hybridized carbons (Fsp3) is 0.429. The minimum Gasteiger partial charge on any atom is -0.372 e. The fourth-order valence-electron chi connectivity index (χ4n) is 2.23. The third-order valence-corrected chi connectivity index (χ3v) is 3.74. The van der Waals surface area contributed by atoms with Crippen molar-refractivity contribution < 1.29 is 9.53 Å². The number of rotatable bonds is 1. The second-order valence-electron chi connectivity index (χ2n) is 4.90. The predicted molar refractivity (Wildman–Crippen MR) is 83.1 cm³/mol. The van der Waals surface area contributed by atoms with Crippen LogP contribution >= 0.6 is 23.8 Å². The monoisotopic (exact) mass is 312 g/mol. The molecule has 2 atom stereocenters. The average Bonchev–Trinajstić information content (AvgIpc) is 2.37. The van der Waals surface area contributed by atoms with Gasteiger partial charge in [0.15, 0.2) is 5.11 Å². The molecule has 1 saturated heterocycles. The molecule has 1 fully saturated rings. The summed E-state index contributed by atoms with van der Waals surface area (Å²) >= 11 is 11.3. The van der Waals surface area contributed by atoms with Gasteiger partial charge < -0.3 is 9.64 Å². The molecule has 0 aliphatic carbocycles. The molecule has 0 spiro atoms. The number of ether oxygens (including phenoxy) is 1. The first-order chi connectivity index (χ1) is 9.47. The number of amides is 1. The Kier molecular flexibility index (Phi) is 4.96. The molecular formula is C14H17ClN2O2S. The van der Waals surface area contributed by atoms with E-state index in [4.69, 9.17) is 28.6 Å². The van der Waals surface area contributed by atoms with E-state index in [1.165, 1.54) is 0 Å². The van der Waals surface area contributed by atoms with E-state index >= 15 is 0 Å². The largest absolute Gasteiger partial charge is 0.372 e. The Morgan fingerprint density at radius 3 is 2.55 bits per heavy atom. The van der Waals surface area contributed by atoms with E-state index in [0.29, 0.717) is 28.8 Å². The molecule has 1 aromatic rings. The van der Waals surface area contributed by atoms with Crippen molar-refractivity contribution >= 4 is 34.8 Å². The normalized spacial score (nSPS) is 22.4. The van der Waals surface area contributed by atoms with Gasteiger partial charge in [-0.3, -0.25) is 10.1 Å². The lowest BCUT2D eigenvalue weighted by atomic mass is 10.2. The lowest BCUT2D eigenvalue weighted by Gasteiger charge is -2.36. The van der Waals surface area contributed by atoms with Crippen LogP contribution in [0.3, 0.4) is 0 Å². The van der Waals surface area contributed by atoms with Crippen LogP contribution in [0.25, 0.3) is 0 Å². The van der Waals surface area contributed by atoms with Gasteiger partial charge in [-0.2, -0.15) is 0 Å². The standard InChI is InChI=1S/C14H17ClN2O2S/c1-9-7-17(8-10(2)19-9)14(20)16-13(18)11-5-3-4-6-12(11)15/h3-6,9-10H,7-8H2,1-2H3,(H,16,18,20)/t9-,10-/m0/s1. The molecule has 2 rings (SSSR count). The van der Waals surface area contributed by atoms with Crippen LogP contribution in [0.1, 0.15) is 24.2 Å². The van der Waals surface area contributed by atoms with Crippen LogP contribution in [0.15, 0.2) is 24.3 Å². The number of carbonyl (C=O) groups is 1. The lowest BCUT2D eigenvalue weighted by molar-refractivity contribution is -0.0481. The van der Waals surface area contributed by atoms with Gasteiger partial charge in [-0.25, -0.2) is 0 Å². The van der Waals surface area contributed by atoms with E-state index in [2.05, 4.69) is 5.32 Å². The molecule has 108 valence electrons. The number of hydrogen-bond acceptors (Lipinski definition) is 3. The summed E-state index contributed by atoms with van der Waals surface area (Å²) < 4.78 is 5.64. The van der Waals surface area contributed by atoms with E-state index in [1.54, 1.807) is 24.3 Å². The minimum atomic E-state index is -0.285. The molecule has 1 aromatic carbocycles. The Bertz CT molecular complexity index is 514. The predicted octanol–water partition coefficient (Wildman–Crippen LogP) is 2.46. The highest BCUT2D eigenvalue weighted by Gasteiger charge is 2.25. The molecule has 1 heterocycles. The van der Waals surface area contributed by atoms with Gasteiger partial charge in [0.25, 0.3) is 5.91 Å². The second kappa shape index (κ2) is 6.52. The zero-order valence-electron chi connectivity index (χ0n) is 11.4. The molecule has 0 bridgehead atoms. The van der Waals surface area contributed by atoms with E-state index < -0.39 is 0 Å². The van der Waals surface area contributed by atoms with E-state index in [-0.39, 0.29) is 18.1 Å². The van der Waals surface area contributed by atoms with Crippen LogP contribution in [0.2, 0.25) is 5.02 Å². The number of hydrogen-bond donors (Lipinski definition) is 1. The third-order valence-electron chi connectivity index (χ3n) is 3.05. The number of benzene rings is 1. The SMILES string of the molecule is C[C@H]1CN(C(=S)NC(=O)c2ccccc2Cl)C[C@H](C)O1. The van der Waals surface area contributed by atoms with Gasteiger partial charge in [0.2, 0.25) is 0 Å². The molecule has 0 radical (unpaired) electrons. The van der Waals surface area contributed by atoms with E-state index in [1.807, 2.05) is 18.7 Å². The quantitative estimate of drug-likeness (QED) is 0.809. The first kappa shape index (κ1) is 15.2. The van der Waals surface area contributed by atoms with Gasteiger partial charge in [0.1, 0.15) is 0 Å². The Labute approximate surface area is 129 Å². The molecule has 4 nitrogen and oxygen atoms in total. The van der Waals surface area contributed by atoms with Crippen LogP contribution in [0, 0.1) is 0 Å². The fourth-order valence-corrected chi connectivity index (χ4v) is 2.70. The van der Waals surface area contributed by atoms with Gasteiger partial charge in [0.05, 0.1) is 22.8 Å². The molecular weight excluding hydrogens is 296 g/mol. The van der Waals surface area contributed by atoms with Crippen molar-refractivity contribution in [2.24, 2.45) is 0 Å². The van der Waals surface area contributed by atoms with Crippen LogP contribution in [-0.4, -0.2) is 41.2 Å². The summed E-state index contributed by atoms with van der Waals surface area (Å²) in [7, 11) is 0. The summed E-state index contributed by atoms with van der Waals surface area (Å²) in [4.78, 5) is 14.1. The molecule has 1 aliphatic rings. The first-order valence-corrected chi connectivity index (χ1v) is 7.26. The van der Waals surface area contributed by atoms with E-state index in [9.17, 15) is 4.79 Å². The second-order valence-corrected chi connectivity index (χ2v) is 5.70. The number of morpholine rings is 1. The Morgan fingerprint density at radius 1 is 1.35 bits per heavy atom. The van der Waals surface area contributed by atoms with Crippen LogP contribution in [0.4, 0.5) is 0 Å². The number of thiocarbonyl (C=S) groups is 1. The highest BCUT2D eigenvalue weighted by atomic mass is 35.5. The molecule has 1 N–H and O–H groups in total. The molecule has 1 aliphatic heterocycles. The summed E-state index contributed by atoms with van der Waals surface area (Å²) in [6, 6.07) is 6.90. The summed E-state index contributed by atoms with van der Waals surface area (Å²) in [5, 5.41) is 3.55. The molecule has 1 amide bonds. The first-order valence-electron chi connectivity index (χ1n) is 6.47. The van der Waals surface area contributed by atoms with Crippen molar-refractivity contribution in [3.8, 4) is 0 Å². The van der Waals surface area contributed by atoms with Gasteiger partial charge in [-0.1, -0.05) is 23.7 Å². The van der Waals surface area contributed by atoms with Crippen molar-refractivity contribution in [3.63, 3.8) is 0 Å². The Morgan fingerprint density at radius 2 is 1.95 bits per heavy atom. The Balaban J connectivity index is 2.01. The molecule has 0 unspecified atom stereocenters. The average molecular weight is 313 g/mol. The zero-order chi connectivity index (χ0) is 14.7. The molecule has 6 heteroatoms. The maximum absolute atomic E-state index is 12.1. The summed E-state index contributed by atoms with van der Waals surface area (Å²) in [5.74, 6) is -0.285. The number of halogens is 1. The van der Waals surface area contributed by atoms with Crippen molar-refractivity contribution in [2.45, 2.75) is 26.1 Å². The molecule has 0 aromatic heterocycles. The molecule has 20 heavy (non-hydrogen) atoms. The summed E-state index contributed by atoms with van der Waals surface area (Å²) in [5.41, 5.74) is 0.422. The number of nitrogens with one attached hydrogen (secondary N) is 1. The van der Waals surface area contributed by atoms with Gasteiger partial charge in [-0.15, -0.1) is 0 Å². The topological polar surface area (TPSA) is 41.6 Å². The maximum atomic E-state index is 12.1.